The Morgan fingerprint density at radius 3 is 2.75 bits per heavy atom. The van der Waals surface area contributed by atoms with E-state index in [0.29, 0.717) is 27.9 Å². The standard InChI is InChI=1S/C17H14FN3O3/c1-9-15-13(10(8-22)7-20-9)6-14(16(19)24-15)17(23)21-12-4-2-11(18)3-5-12/h2-7,19,22H,8H2,1H3,(H,21,23). The molecular weight excluding hydrogens is 313 g/mol. The molecule has 3 aromatic rings. The van der Waals surface area contributed by atoms with Crippen LogP contribution in [-0.2, 0) is 6.61 Å². The van der Waals surface area contributed by atoms with Gasteiger partial charge in [-0.25, -0.2) is 4.39 Å². The number of pyridine rings is 1. The van der Waals surface area contributed by atoms with Gasteiger partial charge in [-0.05, 0) is 37.3 Å². The van der Waals surface area contributed by atoms with Crippen molar-refractivity contribution in [1.82, 2.24) is 4.98 Å². The summed E-state index contributed by atoms with van der Waals surface area (Å²) in [6.07, 6.45) is 1.50. The van der Waals surface area contributed by atoms with Gasteiger partial charge in [0.2, 0.25) is 5.55 Å². The van der Waals surface area contributed by atoms with E-state index < -0.39 is 11.7 Å². The molecule has 7 heteroatoms. The summed E-state index contributed by atoms with van der Waals surface area (Å²) in [5.41, 5.74) is 1.49. The number of hydrogen-bond acceptors (Lipinski definition) is 5. The Labute approximate surface area is 136 Å². The molecule has 0 radical (unpaired) electrons. The maximum absolute atomic E-state index is 12.9. The lowest BCUT2D eigenvalue weighted by Crippen LogP contribution is -2.21. The fraction of sp³-hybridized carbons (Fsp3) is 0.118. The van der Waals surface area contributed by atoms with Crippen molar-refractivity contribution in [2.75, 3.05) is 5.32 Å². The highest BCUT2D eigenvalue weighted by atomic mass is 19.1. The van der Waals surface area contributed by atoms with Crippen molar-refractivity contribution in [1.29, 1.82) is 5.41 Å². The number of halogens is 1. The lowest BCUT2D eigenvalue weighted by Gasteiger charge is -2.09. The highest BCUT2D eigenvalue weighted by Crippen LogP contribution is 2.21. The Hall–Kier alpha value is -3.06. The number of rotatable bonds is 3. The molecule has 122 valence electrons. The topological polar surface area (TPSA) is 99.2 Å². The summed E-state index contributed by atoms with van der Waals surface area (Å²) in [6.45, 7) is 1.44. The largest absolute Gasteiger partial charge is 0.436 e. The van der Waals surface area contributed by atoms with Gasteiger partial charge in [0.05, 0.1) is 12.3 Å². The van der Waals surface area contributed by atoms with Crippen LogP contribution in [0.3, 0.4) is 0 Å². The number of amides is 1. The van der Waals surface area contributed by atoms with Crippen LogP contribution in [0.4, 0.5) is 10.1 Å². The molecule has 1 amide bonds. The van der Waals surface area contributed by atoms with Gasteiger partial charge in [0.1, 0.15) is 11.4 Å². The van der Waals surface area contributed by atoms with Crippen molar-refractivity contribution in [2.24, 2.45) is 0 Å². The summed E-state index contributed by atoms with van der Waals surface area (Å²) in [7, 11) is 0. The molecule has 2 aromatic heterocycles. The zero-order valence-electron chi connectivity index (χ0n) is 12.8. The van der Waals surface area contributed by atoms with Gasteiger partial charge in [0.25, 0.3) is 5.91 Å². The van der Waals surface area contributed by atoms with Crippen LogP contribution in [0.1, 0.15) is 21.6 Å². The molecule has 6 nitrogen and oxygen atoms in total. The zero-order valence-corrected chi connectivity index (χ0v) is 12.8. The SMILES string of the molecule is Cc1ncc(CO)c2cc(C(=O)Nc3ccc(F)cc3)c(=N)oc12. The molecule has 0 unspecified atom stereocenters. The third-order valence-electron chi connectivity index (χ3n) is 3.59. The Kier molecular flexibility index (Phi) is 4.09. The second kappa shape index (κ2) is 6.21. The summed E-state index contributed by atoms with van der Waals surface area (Å²) >= 11 is 0. The van der Waals surface area contributed by atoms with E-state index in [1.807, 2.05) is 0 Å². The Morgan fingerprint density at radius 1 is 1.38 bits per heavy atom. The molecule has 0 spiro atoms. The van der Waals surface area contributed by atoms with Gasteiger partial charge in [-0.15, -0.1) is 0 Å². The third kappa shape index (κ3) is 2.89. The molecular formula is C17H14FN3O3. The van der Waals surface area contributed by atoms with Gasteiger partial charge in [-0.3, -0.25) is 15.2 Å². The number of hydrogen-bond donors (Lipinski definition) is 3. The van der Waals surface area contributed by atoms with Crippen molar-refractivity contribution >= 4 is 22.6 Å². The maximum atomic E-state index is 12.9. The van der Waals surface area contributed by atoms with E-state index in [9.17, 15) is 14.3 Å². The monoisotopic (exact) mass is 327 g/mol. The smallest absolute Gasteiger partial charge is 0.261 e. The van der Waals surface area contributed by atoms with E-state index in [1.165, 1.54) is 36.5 Å². The predicted octanol–water partition coefficient (Wildman–Crippen LogP) is 2.50. The van der Waals surface area contributed by atoms with E-state index in [0.717, 1.165) is 0 Å². The third-order valence-corrected chi connectivity index (χ3v) is 3.59. The molecule has 3 rings (SSSR count). The van der Waals surface area contributed by atoms with E-state index in [1.54, 1.807) is 6.92 Å². The summed E-state index contributed by atoms with van der Waals surface area (Å²) in [4.78, 5) is 16.5. The summed E-state index contributed by atoms with van der Waals surface area (Å²) in [5, 5.41) is 20.4. The number of carbonyl (C=O) groups is 1. The molecule has 3 N–H and O–H groups in total. The molecule has 0 bridgehead atoms. The first-order valence-electron chi connectivity index (χ1n) is 7.14. The van der Waals surface area contributed by atoms with Crippen molar-refractivity contribution in [2.45, 2.75) is 13.5 Å². The van der Waals surface area contributed by atoms with Crippen LogP contribution in [0.5, 0.6) is 0 Å². The van der Waals surface area contributed by atoms with Gasteiger partial charge in [0.15, 0.2) is 5.58 Å². The Morgan fingerprint density at radius 2 is 2.08 bits per heavy atom. The summed E-state index contributed by atoms with van der Waals surface area (Å²) in [6, 6.07) is 6.77. The van der Waals surface area contributed by atoms with Crippen LogP contribution in [-0.4, -0.2) is 16.0 Å². The summed E-state index contributed by atoms with van der Waals surface area (Å²) < 4.78 is 18.3. The lowest BCUT2D eigenvalue weighted by molar-refractivity contribution is 0.102. The summed E-state index contributed by atoms with van der Waals surface area (Å²) in [5.74, 6) is -0.971. The van der Waals surface area contributed by atoms with Crippen molar-refractivity contribution in [3.05, 3.63) is 64.7 Å². The maximum Gasteiger partial charge on any atom is 0.261 e. The first-order chi connectivity index (χ1) is 11.5. The van der Waals surface area contributed by atoms with Crippen LogP contribution >= 0.6 is 0 Å². The molecule has 0 saturated carbocycles. The van der Waals surface area contributed by atoms with Crippen molar-refractivity contribution in [3.63, 3.8) is 0 Å². The van der Waals surface area contributed by atoms with Gasteiger partial charge in [-0.1, -0.05) is 0 Å². The van der Waals surface area contributed by atoms with Crippen molar-refractivity contribution < 1.29 is 18.7 Å². The molecule has 2 heterocycles. The molecule has 0 atom stereocenters. The average molecular weight is 327 g/mol. The van der Waals surface area contributed by atoms with Crippen molar-refractivity contribution in [3.8, 4) is 0 Å². The van der Waals surface area contributed by atoms with Crippen LogP contribution in [0.25, 0.3) is 11.0 Å². The lowest BCUT2D eigenvalue weighted by atomic mass is 10.1. The number of carbonyl (C=O) groups excluding carboxylic acids is 1. The normalized spacial score (nSPS) is 10.8. The zero-order chi connectivity index (χ0) is 17.3. The minimum Gasteiger partial charge on any atom is -0.436 e. The van der Waals surface area contributed by atoms with Gasteiger partial charge < -0.3 is 14.8 Å². The molecule has 1 aromatic carbocycles. The number of aliphatic hydroxyl groups excluding tert-OH is 1. The van der Waals surface area contributed by atoms with E-state index in [2.05, 4.69) is 10.3 Å². The molecule has 0 saturated heterocycles. The van der Waals surface area contributed by atoms with Crippen LogP contribution in [0.15, 0.2) is 40.9 Å². The second-order valence-electron chi connectivity index (χ2n) is 5.22. The Balaban J connectivity index is 2.05. The number of aromatic nitrogens is 1. The fourth-order valence-corrected chi connectivity index (χ4v) is 2.32. The molecule has 24 heavy (non-hydrogen) atoms. The minimum absolute atomic E-state index is 0.00660. The Bertz CT molecular complexity index is 981. The number of nitrogens with zero attached hydrogens (tertiary/aromatic N) is 1. The number of anilines is 1. The molecule has 0 aliphatic heterocycles. The van der Waals surface area contributed by atoms with E-state index >= 15 is 0 Å². The predicted molar refractivity (Wildman–Crippen MR) is 84.9 cm³/mol. The molecule has 0 fully saturated rings. The number of benzene rings is 1. The number of nitrogens with one attached hydrogen (secondary N) is 2. The first kappa shape index (κ1) is 15.8. The minimum atomic E-state index is -0.560. The second-order valence-corrected chi connectivity index (χ2v) is 5.22. The number of aryl methyl sites for hydroxylation is 1. The molecule has 0 aliphatic carbocycles. The number of fused-ring (bicyclic) bond motifs is 1. The quantitative estimate of drug-likeness (QED) is 0.688. The van der Waals surface area contributed by atoms with Gasteiger partial charge >= 0.3 is 0 Å². The van der Waals surface area contributed by atoms with Gasteiger partial charge in [-0.2, -0.15) is 0 Å². The average Bonchev–Trinajstić information content (AvgIpc) is 2.57. The van der Waals surface area contributed by atoms with Gasteiger partial charge in [0, 0.05) is 22.8 Å². The highest BCUT2D eigenvalue weighted by molar-refractivity contribution is 6.05. The van der Waals surface area contributed by atoms with Crippen LogP contribution < -0.4 is 10.9 Å². The fourth-order valence-electron chi connectivity index (χ4n) is 2.32. The molecule has 0 aliphatic rings. The van der Waals surface area contributed by atoms with E-state index in [-0.39, 0.29) is 17.7 Å². The van der Waals surface area contributed by atoms with E-state index in [4.69, 9.17) is 9.83 Å². The number of aliphatic hydroxyl groups is 1. The highest BCUT2D eigenvalue weighted by Gasteiger charge is 2.15. The van der Waals surface area contributed by atoms with Crippen LogP contribution in [0, 0.1) is 18.2 Å². The first-order valence-corrected chi connectivity index (χ1v) is 7.14. The van der Waals surface area contributed by atoms with Crippen LogP contribution in [0.2, 0.25) is 0 Å².